The third kappa shape index (κ3) is 14.9. The molecule has 1 aromatic heterocycles. The Morgan fingerprint density at radius 3 is 2.04 bits per heavy atom. The largest absolute Gasteiger partial charge is 3.00 e. The summed E-state index contributed by atoms with van der Waals surface area (Å²) in [6.45, 7) is 19.1. The smallest absolute Gasteiger partial charge is 0.862 e. The number of rotatable bonds is 26. The zero-order chi connectivity index (χ0) is 66.7. The number of aliphatic hydroxyl groups excluding tert-OH is 2. The minimum absolute atomic E-state index is 0. The van der Waals surface area contributed by atoms with Crippen molar-refractivity contribution in [3.8, 4) is 0 Å². The van der Waals surface area contributed by atoms with Crippen molar-refractivity contribution < 1.29 is 89.9 Å². The number of carbonyl (C=O) groups excluding carboxylic acids is 5. The number of phosphoric acid groups is 1. The fourth-order valence-electron chi connectivity index (χ4n) is 15.4. The normalized spacial score (nSPS) is 33.1. The van der Waals surface area contributed by atoms with Crippen LogP contribution in [0.3, 0.4) is 0 Å². The maximum atomic E-state index is 14.4. The van der Waals surface area contributed by atoms with Gasteiger partial charge in [0.15, 0.2) is 6.23 Å². The number of phosphoric ester groups is 1. The number of ether oxygens (including phenoxy) is 1. The van der Waals surface area contributed by atoms with Crippen LogP contribution in [0.4, 0.5) is 0 Å². The molecule has 28 nitrogen and oxygen atoms in total. The Labute approximate surface area is 557 Å². The number of halogens is 1. The number of aromatic nitrogens is 2. The van der Waals surface area contributed by atoms with Gasteiger partial charge in [0, 0.05) is 118 Å². The van der Waals surface area contributed by atoms with E-state index in [1.165, 1.54) is 13.3 Å². The summed E-state index contributed by atoms with van der Waals surface area (Å²) in [6.07, 6.45) is -4.81. The number of aryl methyl sites for hydroxylation is 2. The van der Waals surface area contributed by atoms with Crippen molar-refractivity contribution in [2.45, 2.75) is 189 Å². The molecule has 2 saturated heterocycles. The second kappa shape index (κ2) is 29.0. The zero-order valence-electron chi connectivity index (χ0n) is 54.3. The van der Waals surface area contributed by atoms with E-state index in [-0.39, 0.29) is 112 Å². The Morgan fingerprint density at radius 2 is 1.46 bits per heavy atom. The van der Waals surface area contributed by atoms with E-state index < -0.39 is 143 Å². The first-order valence-corrected chi connectivity index (χ1v) is 32.0. The van der Waals surface area contributed by atoms with Crippen molar-refractivity contribution in [2.75, 3.05) is 13.2 Å². The SMILES string of the molecule is C/C1=C2N=C(/C=C3\N/C(=C(/C)C4=NC(C)(C5N=C1C(C)(CCC(=O)NCC(C)OP(=O)(O)OC1C(CO)OC(n6cnc7cc(C)c(C)cc76)C1O)C5CC(N)=O)C(C)(CC(N)=O)C4CCC(N)=O)C(C)(CC(N)=O)C3CCC(=N)[O-])C(C)(C)C/2CCC(=N)[O-].Cl.O.[Co+3]. The Morgan fingerprint density at radius 1 is 0.860 bits per heavy atom. The van der Waals surface area contributed by atoms with E-state index in [9.17, 15) is 53.9 Å². The third-order valence-corrected chi connectivity index (χ3v) is 21.7. The number of imidazole rings is 1. The molecule has 17 N–H and O–H groups in total. The van der Waals surface area contributed by atoms with Crippen molar-refractivity contribution in [3.63, 3.8) is 0 Å². The van der Waals surface area contributed by atoms with Crippen LogP contribution in [0.25, 0.3) is 11.0 Å². The van der Waals surface area contributed by atoms with E-state index in [0.29, 0.717) is 56.4 Å². The summed E-state index contributed by atoms with van der Waals surface area (Å²) in [7, 11) is -5.07. The van der Waals surface area contributed by atoms with Gasteiger partial charge in [0.25, 0.3) is 0 Å². The van der Waals surface area contributed by atoms with Crippen LogP contribution in [0.2, 0.25) is 0 Å². The number of aliphatic hydroxyl groups is 2. The predicted octanol–water partition coefficient (Wildman–Crippen LogP) is 2.46. The number of primary amides is 4. The summed E-state index contributed by atoms with van der Waals surface area (Å²) in [5.74, 6) is -7.89. The molecule has 8 rings (SSSR count). The van der Waals surface area contributed by atoms with Gasteiger partial charge in [-0.2, -0.15) is 0 Å². The molecule has 0 spiro atoms. The number of nitrogens with zero attached hydrogens (tertiary/aromatic N) is 5. The number of carbonyl (C=O) groups is 5. The average Bonchev–Trinajstić information content (AvgIpc) is 1.53. The number of nitrogens with one attached hydrogen (secondary N) is 4. The van der Waals surface area contributed by atoms with E-state index >= 15 is 0 Å². The predicted molar refractivity (Wildman–Crippen MR) is 342 cm³/mol. The molecule has 7 heterocycles. The molecule has 15 unspecified atom stereocenters. The molecule has 6 aliphatic rings. The first-order valence-electron chi connectivity index (χ1n) is 30.5. The minimum Gasteiger partial charge on any atom is -0.862 e. The molecule has 93 heavy (non-hydrogen) atoms. The number of amides is 5. The van der Waals surface area contributed by atoms with Crippen molar-refractivity contribution in [1.29, 1.82) is 10.8 Å². The summed E-state index contributed by atoms with van der Waals surface area (Å²) in [5.41, 5.74) is 25.3. The summed E-state index contributed by atoms with van der Waals surface area (Å²) >= 11 is 0. The Bertz CT molecular complexity index is 3550. The van der Waals surface area contributed by atoms with E-state index in [4.69, 9.17) is 62.5 Å². The maximum absolute atomic E-state index is 14.4. The molecule has 15 atom stereocenters. The van der Waals surface area contributed by atoms with Crippen LogP contribution in [0.1, 0.15) is 150 Å². The second-order valence-electron chi connectivity index (χ2n) is 27.0. The fraction of sp³-hybridized carbons (Fsp3) is 0.629. The average molecular weight is 1380 g/mol. The van der Waals surface area contributed by atoms with Crippen LogP contribution in [-0.2, 0) is 59.1 Å². The minimum atomic E-state index is -5.07. The molecule has 2 aromatic rings. The second-order valence-corrected chi connectivity index (χ2v) is 28.4. The van der Waals surface area contributed by atoms with Gasteiger partial charge in [-0.15, -0.1) is 12.4 Å². The van der Waals surface area contributed by atoms with Crippen LogP contribution >= 0.6 is 20.2 Å². The topological polar surface area (TPSA) is 499 Å². The Balaban J connectivity index is 0.00000523. The number of hydrogen-bond donors (Lipinski definition) is 11. The number of benzene rings is 1. The standard InChI is InChI=1S/C62H90N13O14P.ClH.Co.H2O/c1-29-20-39-40(21-30(29)2)75(28-70-39)57-52(84)53(41(27-76)87-57)89-90(85,86)88-31(3)26-69-49(83)18-19-59(8)37(22-46(66)80)56-62(11)61(10,25-48(68)82)36(14-17-45(65)79)51(74-62)33(5)55-60(9,24-47(67)81)34(12-15-43(63)77)38(71-55)23-42-58(6,7)35(13-16-44(64)78)50(72-42)32(4)54(59)73-56;;;/h20-21,23,28,31,34-37,41,52-53,56-57,71,76,84H,12-19,22,24-27H2,1-11H3,(H2,63,77)(H2,64,78)(H2,65,79)(H2,66,80)(H2,67,81)(H2,68,82)(H,69,83)(H,85,86);1H;;1H2/q;;+3;/p-2/b38-23-,50-32-,55-33-;;;. The summed E-state index contributed by atoms with van der Waals surface area (Å²) in [6, 6.07) is 2.67. The number of allylic oxidation sites excluding steroid dienone is 6. The molecule has 2 fully saturated rings. The van der Waals surface area contributed by atoms with Crippen molar-refractivity contribution in [3.05, 3.63) is 63.9 Å². The fourth-order valence-corrected chi connectivity index (χ4v) is 16.6. The molecule has 514 valence electrons. The van der Waals surface area contributed by atoms with Gasteiger partial charge >= 0.3 is 24.6 Å². The molecule has 1 aromatic carbocycles. The molecule has 0 saturated carbocycles. The van der Waals surface area contributed by atoms with Gasteiger partial charge in [-0.3, -0.25) is 48.0 Å². The first kappa shape index (κ1) is 77.5. The first-order chi connectivity index (χ1) is 41.8. The summed E-state index contributed by atoms with van der Waals surface area (Å²) in [4.78, 5) is 100. The van der Waals surface area contributed by atoms with Gasteiger partial charge < -0.3 is 84.5 Å². The van der Waals surface area contributed by atoms with Gasteiger partial charge in [-0.1, -0.05) is 34.6 Å². The van der Waals surface area contributed by atoms with Crippen molar-refractivity contribution >= 4 is 89.7 Å². The van der Waals surface area contributed by atoms with Gasteiger partial charge in [0.05, 0.1) is 41.7 Å². The van der Waals surface area contributed by atoms with Gasteiger partial charge in [-0.25, -0.2) is 9.55 Å². The number of hydrogen-bond acceptors (Lipinski definition) is 20. The van der Waals surface area contributed by atoms with Crippen LogP contribution in [0.5, 0.6) is 0 Å². The van der Waals surface area contributed by atoms with Gasteiger partial charge in [0.2, 0.25) is 29.5 Å². The zero-order valence-corrected chi connectivity index (χ0v) is 57.1. The molecule has 0 radical (unpaired) electrons. The number of aliphatic imine (C=N–C) groups is 3. The molecular formula is C62H91ClCoN13O15P+. The monoisotopic (exact) mass is 1380 g/mol. The molecular weight excluding hydrogens is 1290 g/mol. The third-order valence-electron chi connectivity index (χ3n) is 20.6. The van der Waals surface area contributed by atoms with Crippen LogP contribution < -0.4 is 43.8 Å². The maximum Gasteiger partial charge on any atom is 3.00 e. The quantitative estimate of drug-likeness (QED) is 0.0366. The Hall–Kier alpha value is -6.24. The molecule has 0 aliphatic carbocycles. The molecule has 6 aliphatic heterocycles. The number of nitrogens with two attached hydrogens (primary N) is 4. The molecule has 5 amide bonds. The van der Waals surface area contributed by atoms with E-state index in [1.54, 1.807) is 11.5 Å². The van der Waals surface area contributed by atoms with E-state index in [0.717, 1.165) is 11.1 Å². The number of fused-ring (bicyclic) bond motifs is 7. The van der Waals surface area contributed by atoms with E-state index in [2.05, 4.69) is 15.6 Å². The van der Waals surface area contributed by atoms with Crippen molar-refractivity contribution in [1.82, 2.24) is 20.2 Å². The van der Waals surface area contributed by atoms with Crippen LogP contribution in [-0.4, -0.2) is 138 Å². The molecule has 31 heteroatoms. The van der Waals surface area contributed by atoms with Gasteiger partial charge in [0.1, 0.15) is 18.3 Å². The molecule has 8 bridgehead atoms. The summed E-state index contributed by atoms with van der Waals surface area (Å²) < 4.78 is 32.2. The van der Waals surface area contributed by atoms with E-state index in [1.807, 2.05) is 80.5 Å². The van der Waals surface area contributed by atoms with Crippen LogP contribution in [0, 0.1) is 70.0 Å². The van der Waals surface area contributed by atoms with Gasteiger partial charge in [-0.05, 0) is 132 Å². The van der Waals surface area contributed by atoms with Crippen molar-refractivity contribution in [2.24, 2.45) is 83.2 Å². The summed E-state index contributed by atoms with van der Waals surface area (Å²) in [5, 5.41) is 69.3. The van der Waals surface area contributed by atoms with Crippen LogP contribution in [0.15, 0.2) is 67.8 Å². The Kier molecular flexibility index (Phi) is 24.2.